The van der Waals surface area contributed by atoms with Gasteiger partial charge in [0.15, 0.2) is 0 Å². The van der Waals surface area contributed by atoms with Gasteiger partial charge in [-0.1, -0.05) is 0 Å². The lowest BCUT2D eigenvalue weighted by molar-refractivity contribution is 0.0733. The normalized spacial score (nSPS) is 13.5. The zero-order valence-corrected chi connectivity index (χ0v) is 16.7. The van der Waals surface area contributed by atoms with Crippen molar-refractivity contribution in [2.24, 2.45) is 0 Å². The maximum absolute atomic E-state index is 12.9. The second-order valence-corrected chi connectivity index (χ2v) is 7.41. The van der Waals surface area contributed by atoms with E-state index in [1.54, 1.807) is 6.20 Å². The zero-order valence-electron chi connectivity index (χ0n) is 15.1. The van der Waals surface area contributed by atoms with E-state index in [9.17, 15) is 4.79 Å². The molecular weight excluding hydrogens is 408 g/mol. The molecule has 1 aromatic carbocycles. The van der Waals surface area contributed by atoms with Gasteiger partial charge >= 0.3 is 0 Å². The smallest absolute Gasteiger partial charge is 0.254 e. The Bertz CT molecular complexity index is 1030. The van der Waals surface area contributed by atoms with Crippen LogP contribution in [0.1, 0.15) is 33.0 Å². The van der Waals surface area contributed by atoms with Crippen LogP contribution in [0.15, 0.2) is 34.9 Å². The van der Waals surface area contributed by atoms with Gasteiger partial charge in [0.25, 0.3) is 5.91 Å². The minimum Gasteiger partial charge on any atom is -0.368 e. The highest BCUT2D eigenvalue weighted by Crippen LogP contribution is 2.24. The number of nitrogens with two attached hydrogens (primary N) is 1. The Morgan fingerprint density at radius 3 is 2.63 bits per heavy atom. The molecule has 0 radical (unpaired) electrons. The molecule has 0 aliphatic carbocycles. The molecule has 8 heteroatoms. The number of aryl methyl sites for hydroxylation is 1. The van der Waals surface area contributed by atoms with Gasteiger partial charge < -0.3 is 10.6 Å². The summed E-state index contributed by atoms with van der Waals surface area (Å²) in [4.78, 5) is 23.0. The van der Waals surface area contributed by atoms with Crippen molar-refractivity contribution in [2.45, 2.75) is 26.8 Å². The van der Waals surface area contributed by atoms with Crippen molar-refractivity contribution < 1.29 is 4.79 Å². The number of halogens is 1. The number of hydrogen-bond donors (Lipinski definition) is 1. The topological polar surface area (TPSA) is 89.9 Å². The van der Waals surface area contributed by atoms with Crippen molar-refractivity contribution in [3.8, 4) is 5.69 Å². The van der Waals surface area contributed by atoms with E-state index in [1.165, 1.54) is 0 Å². The Labute approximate surface area is 165 Å². The second-order valence-electron chi connectivity index (χ2n) is 6.62. The number of carbonyl (C=O) groups excluding carboxylic acids is 1. The van der Waals surface area contributed by atoms with Crippen molar-refractivity contribution in [3.63, 3.8) is 0 Å². The van der Waals surface area contributed by atoms with Crippen LogP contribution < -0.4 is 5.73 Å². The van der Waals surface area contributed by atoms with Gasteiger partial charge in [-0.2, -0.15) is 5.10 Å². The quantitative estimate of drug-likeness (QED) is 0.680. The molecule has 4 rings (SSSR count). The van der Waals surface area contributed by atoms with E-state index in [-0.39, 0.29) is 11.9 Å². The maximum Gasteiger partial charge on any atom is 0.254 e. The number of hydrogen-bond acceptors (Lipinski definition) is 5. The fourth-order valence-electron chi connectivity index (χ4n) is 3.31. The monoisotopic (exact) mass is 426 g/mol. The van der Waals surface area contributed by atoms with Crippen LogP contribution in [0.4, 0.5) is 5.95 Å². The molecule has 3 heterocycles. The molecule has 0 fully saturated rings. The summed E-state index contributed by atoms with van der Waals surface area (Å²) >= 11 is 3.54. The summed E-state index contributed by atoms with van der Waals surface area (Å²) < 4.78 is 2.87. The van der Waals surface area contributed by atoms with Crippen LogP contribution in [-0.4, -0.2) is 37.1 Å². The number of anilines is 1. The summed E-state index contributed by atoms with van der Waals surface area (Å²) in [5.41, 5.74) is 11.1. The van der Waals surface area contributed by atoms with E-state index in [4.69, 9.17) is 5.73 Å². The second kappa shape index (κ2) is 6.77. The van der Waals surface area contributed by atoms with Crippen LogP contribution >= 0.6 is 15.9 Å². The van der Waals surface area contributed by atoms with Gasteiger partial charge in [0.1, 0.15) is 0 Å². The van der Waals surface area contributed by atoms with Crippen molar-refractivity contribution in [1.82, 2.24) is 24.6 Å². The van der Waals surface area contributed by atoms with Gasteiger partial charge in [-0.25, -0.2) is 14.6 Å². The predicted molar refractivity (Wildman–Crippen MR) is 106 cm³/mol. The highest BCUT2D eigenvalue weighted by Gasteiger charge is 2.23. The Kier molecular flexibility index (Phi) is 4.43. The summed E-state index contributed by atoms with van der Waals surface area (Å²) in [5, 5.41) is 4.53. The van der Waals surface area contributed by atoms with E-state index in [2.05, 4.69) is 31.0 Å². The molecule has 2 N–H and O–H groups in total. The molecule has 1 aliphatic heterocycles. The van der Waals surface area contributed by atoms with Crippen molar-refractivity contribution in [1.29, 1.82) is 0 Å². The largest absolute Gasteiger partial charge is 0.368 e. The number of rotatable bonds is 2. The number of fused-ring (bicyclic) bond motifs is 1. The molecule has 0 unspecified atom stereocenters. The highest BCUT2D eigenvalue weighted by molar-refractivity contribution is 9.10. The van der Waals surface area contributed by atoms with E-state index in [0.29, 0.717) is 25.1 Å². The Morgan fingerprint density at radius 1 is 1.22 bits per heavy atom. The van der Waals surface area contributed by atoms with Gasteiger partial charge in [-0.05, 0) is 54.0 Å². The molecule has 0 bridgehead atoms. The van der Waals surface area contributed by atoms with Gasteiger partial charge in [-0.15, -0.1) is 0 Å². The lowest BCUT2D eigenvalue weighted by Gasteiger charge is -2.28. The third-order valence-electron chi connectivity index (χ3n) is 4.80. The van der Waals surface area contributed by atoms with Crippen LogP contribution in [0.25, 0.3) is 5.69 Å². The zero-order chi connectivity index (χ0) is 19.1. The summed E-state index contributed by atoms with van der Waals surface area (Å²) in [7, 11) is 0. The predicted octanol–water partition coefficient (Wildman–Crippen LogP) is 2.82. The molecular formula is C19H19BrN6O. The molecule has 2 aromatic heterocycles. The first-order valence-corrected chi connectivity index (χ1v) is 9.45. The average molecular weight is 427 g/mol. The average Bonchev–Trinajstić information content (AvgIpc) is 2.94. The van der Waals surface area contributed by atoms with Gasteiger partial charge in [0.2, 0.25) is 5.95 Å². The first kappa shape index (κ1) is 17.7. The maximum atomic E-state index is 12.9. The third-order valence-corrected chi connectivity index (χ3v) is 5.95. The molecule has 0 saturated heterocycles. The summed E-state index contributed by atoms with van der Waals surface area (Å²) in [6, 6.07) is 7.52. The molecule has 1 amide bonds. The first-order valence-electron chi connectivity index (χ1n) is 8.65. The lowest BCUT2D eigenvalue weighted by Crippen LogP contribution is -2.36. The fourth-order valence-corrected chi connectivity index (χ4v) is 3.56. The molecule has 27 heavy (non-hydrogen) atoms. The lowest BCUT2D eigenvalue weighted by atomic mass is 10.1. The molecule has 0 atom stereocenters. The minimum atomic E-state index is -0.00132. The summed E-state index contributed by atoms with van der Waals surface area (Å²) in [6.07, 6.45) is 2.40. The molecule has 3 aromatic rings. The highest BCUT2D eigenvalue weighted by atomic mass is 79.9. The Morgan fingerprint density at radius 2 is 1.96 bits per heavy atom. The van der Waals surface area contributed by atoms with Crippen LogP contribution in [0.2, 0.25) is 0 Å². The number of nitrogen functional groups attached to an aromatic ring is 1. The number of amides is 1. The van der Waals surface area contributed by atoms with Crippen LogP contribution in [0, 0.1) is 13.8 Å². The number of aromatic nitrogens is 4. The SMILES string of the molecule is Cc1nn(-c2ccc(C(=O)N3CCc4nc(N)ncc4C3)cc2)c(C)c1Br. The minimum absolute atomic E-state index is 0.00132. The first-order chi connectivity index (χ1) is 12.9. The van der Waals surface area contributed by atoms with Gasteiger partial charge in [0, 0.05) is 36.8 Å². The number of benzene rings is 1. The molecule has 0 spiro atoms. The van der Waals surface area contributed by atoms with E-state index in [1.807, 2.05) is 47.7 Å². The summed E-state index contributed by atoms with van der Waals surface area (Å²) in [5.74, 6) is 0.276. The standard InChI is InChI=1S/C19H19BrN6O/c1-11-17(20)12(2)26(24-11)15-5-3-13(4-6-15)18(27)25-8-7-16-14(10-25)9-22-19(21)23-16/h3-6,9H,7-8,10H2,1-2H3,(H2,21,22,23). The van der Waals surface area contributed by atoms with Gasteiger partial charge in [0.05, 0.1) is 27.2 Å². The summed E-state index contributed by atoms with van der Waals surface area (Å²) in [6.45, 7) is 5.08. The van der Waals surface area contributed by atoms with E-state index >= 15 is 0 Å². The van der Waals surface area contributed by atoms with Crippen LogP contribution in [0.5, 0.6) is 0 Å². The van der Waals surface area contributed by atoms with Crippen LogP contribution in [-0.2, 0) is 13.0 Å². The number of carbonyl (C=O) groups is 1. The fraction of sp³-hybridized carbons (Fsp3) is 0.263. The Hall–Kier alpha value is -2.74. The van der Waals surface area contributed by atoms with E-state index < -0.39 is 0 Å². The molecule has 1 aliphatic rings. The Balaban J connectivity index is 1.55. The van der Waals surface area contributed by atoms with Crippen molar-refractivity contribution in [2.75, 3.05) is 12.3 Å². The van der Waals surface area contributed by atoms with E-state index in [0.717, 1.165) is 32.8 Å². The van der Waals surface area contributed by atoms with Crippen LogP contribution in [0.3, 0.4) is 0 Å². The molecule has 7 nitrogen and oxygen atoms in total. The molecule has 0 saturated carbocycles. The van der Waals surface area contributed by atoms with Gasteiger partial charge in [-0.3, -0.25) is 4.79 Å². The number of nitrogens with zero attached hydrogens (tertiary/aromatic N) is 5. The van der Waals surface area contributed by atoms with Crippen molar-refractivity contribution >= 4 is 27.8 Å². The molecule has 138 valence electrons. The van der Waals surface area contributed by atoms with Crippen molar-refractivity contribution in [3.05, 3.63) is 63.1 Å². The third kappa shape index (κ3) is 3.21.